The van der Waals surface area contributed by atoms with Gasteiger partial charge in [0.15, 0.2) is 0 Å². The molecular weight excluding hydrogens is 290 g/mol. The third kappa shape index (κ3) is 3.79. The second kappa shape index (κ2) is 7.18. The summed E-state index contributed by atoms with van der Waals surface area (Å²) in [4.78, 5) is 7.23. The molecule has 0 saturated carbocycles. The van der Waals surface area contributed by atoms with Crippen LogP contribution in [0.15, 0.2) is 35.7 Å². The van der Waals surface area contributed by atoms with Crippen LogP contribution in [0, 0.1) is 0 Å². The van der Waals surface area contributed by atoms with Crippen molar-refractivity contribution in [1.82, 2.24) is 15.2 Å². The van der Waals surface area contributed by atoms with Crippen LogP contribution in [0.1, 0.15) is 12.6 Å². The normalized spacial score (nSPS) is 19.6. The molecular formula is C15H20ClN3S. The summed E-state index contributed by atoms with van der Waals surface area (Å²) in [6, 6.07) is 11.0. The number of halogens is 1. The van der Waals surface area contributed by atoms with E-state index in [1.165, 1.54) is 11.3 Å². The Morgan fingerprint density at radius 2 is 2.15 bits per heavy atom. The molecule has 108 valence electrons. The Balaban J connectivity index is 0.00000147. The minimum absolute atomic E-state index is 0. The van der Waals surface area contributed by atoms with Crippen molar-refractivity contribution in [2.24, 2.45) is 0 Å². The number of hydrogen-bond donors (Lipinski definition) is 1. The first-order chi connectivity index (χ1) is 9.31. The highest BCUT2D eigenvalue weighted by Gasteiger charge is 2.16. The van der Waals surface area contributed by atoms with Crippen molar-refractivity contribution in [2.45, 2.75) is 19.5 Å². The maximum absolute atomic E-state index is 4.76. The Bertz CT molecular complexity index is 529. The molecule has 20 heavy (non-hydrogen) atoms. The molecule has 0 aliphatic carbocycles. The standard InChI is InChI=1S/C15H19N3S.ClH/c1-12-9-18(8-7-16-12)10-14-11-19-15(17-14)13-5-3-2-4-6-13;/h2-6,11-12,16H,7-10H2,1H3;1H/t12-;/m0./s1. The molecule has 1 saturated heterocycles. The minimum Gasteiger partial charge on any atom is -0.312 e. The number of benzene rings is 1. The summed E-state index contributed by atoms with van der Waals surface area (Å²) < 4.78 is 0. The van der Waals surface area contributed by atoms with Crippen LogP contribution in [0.4, 0.5) is 0 Å². The van der Waals surface area contributed by atoms with E-state index >= 15 is 0 Å². The third-order valence-corrected chi connectivity index (χ3v) is 4.35. The molecule has 1 fully saturated rings. The zero-order chi connectivity index (χ0) is 13.1. The van der Waals surface area contributed by atoms with Gasteiger partial charge in [0, 0.05) is 43.2 Å². The predicted molar refractivity (Wildman–Crippen MR) is 87.5 cm³/mol. The SMILES string of the molecule is C[C@H]1CN(Cc2csc(-c3ccccc3)n2)CCN1.Cl. The third-order valence-electron chi connectivity index (χ3n) is 3.41. The molecule has 3 nitrogen and oxygen atoms in total. The Hall–Kier alpha value is -0.940. The Kier molecular flexibility index (Phi) is 5.54. The second-order valence-electron chi connectivity index (χ2n) is 5.10. The summed E-state index contributed by atoms with van der Waals surface area (Å²) in [5.74, 6) is 0. The average Bonchev–Trinajstić information content (AvgIpc) is 2.88. The van der Waals surface area contributed by atoms with Crippen molar-refractivity contribution >= 4 is 23.7 Å². The first kappa shape index (κ1) is 15.4. The topological polar surface area (TPSA) is 28.2 Å². The molecule has 0 amide bonds. The highest BCUT2D eigenvalue weighted by molar-refractivity contribution is 7.13. The molecule has 1 N–H and O–H groups in total. The van der Waals surface area contributed by atoms with Crippen molar-refractivity contribution in [1.29, 1.82) is 0 Å². The summed E-state index contributed by atoms with van der Waals surface area (Å²) in [5, 5.41) is 6.78. The van der Waals surface area contributed by atoms with E-state index in [2.05, 4.69) is 46.8 Å². The summed E-state index contributed by atoms with van der Waals surface area (Å²) in [5.41, 5.74) is 2.41. The van der Waals surface area contributed by atoms with Gasteiger partial charge in [0.1, 0.15) is 5.01 Å². The highest BCUT2D eigenvalue weighted by atomic mass is 35.5. The van der Waals surface area contributed by atoms with Gasteiger partial charge in [-0.05, 0) is 6.92 Å². The predicted octanol–water partition coefficient (Wildman–Crippen LogP) is 3.03. The maximum atomic E-state index is 4.76. The lowest BCUT2D eigenvalue weighted by atomic mass is 10.2. The van der Waals surface area contributed by atoms with Gasteiger partial charge in [-0.2, -0.15) is 0 Å². The van der Waals surface area contributed by atoms with Gasteiger partial charge in [0.25, 0.3) is 0 Å². The average molecular weight is 310 g/mol. The van der Waals surface area contributed by atoms with Crippen LogP contribution in [-0.4, -0.2) is 35.6 Å². The monoisotopic (exact) mass is 309 g/mol. The van der Waals surface area contributed by atoms with Crippen LogP contribution >= 0.6 is 23.7 Å². The summed E-state index contributed by atoms with van der Waals surface area (Å²) in [7, 11) is 0. The summed E-state index contributed by atoms with van der Waals surface area (Å²) in [6.07, 6.45) is 0. The Labute approximate surface area is 130 Å². The van der Waals surface area contributed by atoms with E-state index in [0.717, 1.165) is 31.2 Å². The van der Waals surface area contributed by atoms with E-state index in [1.54, 1.807) is 11.3 Å². The van der Waals surface area contributed by atoms with Crippen molar-refractivity contribution in [3.8, 4) is 10.6 Å². The molecule has 1 aromatic heterocycles. The molecule has 5 heteroatoms. The molecule has 1 aliphatic rings. The molecule has 3 rings (SSSR count). The first-order valence-corrected chi connectivity index (χ1v) is 7.65. The van der Waals surface area contributed by atoms with Gasteiger partial charge in [-0.1, -0.05) is 30.3 Å². The van der Waals surface area contributed by atoms with E-state index < -0.39 is 0 Å². The van der Waals surface area contributed by atoms with Crippen molar-refractivity contribution in [3.63, 3.8) is 0 Å². The van der Waals surface area contributed by atoms with Crippen LogP contribution in [0.2, 0.25) is 0 Å². The maximum Gasteiger partial charge on any atom is 0.123 e. The molecule has 0 radical (unpaired) electrons. The number of rotatable bonds is 3. The smallest absolute Gasteiger partial charge is 0.123 e. The quantitative estimate of drug-likeness (QED) is 0.944. The molecule has 0 bridgehead atoms. The zero-order valence-corrected chi connectivity index (χ0v) is 13.2. The molecule has 1 aliphatic heterocycles. The fourth-order valence-electron chi connectivity index (χ4n) is 2.48. The summed E-state index contributed by atoms with van der Waals surface area (Å²) in [6.45, 7) is 6.51. The van der Waals surface area contributed by atoms with Crippen molar-refractivity contribution in [2.75, 3.05) is 19.6 Å². The molecule has 0 spiro atoms. The summed E-state index contributed by atoms with van der Waals surface area (Å²) >= 11 is 1.74. The fourth-order valence-corrected chi connectivity index (χ4v) is 3.29. The van der Waals surface area contributed by atoms with E-state index in [4.69, 9.17) is 4.98 Å². The van der Waals surface area contributed by atoms with Gasteiger partial charge < -0.3 is 5.32 Å². The van der Waals surface area contributed by atoms with Crippen LogP contribution < -0.4 is 5.32 Å². The van der Waals surface area contributed by atoms with Gasteiger partial charge in [0.05, 0.1) is 5.69 Å². The van der Waals surface area contributed by atoms with E-state index in [9.17, 15) is 0 Å². The number of piperazine rings is 1. The van der Waals surface area contributed by atoms with Crippen LogP contribution in [-0.2, 0) is 6.54 Å². The fraction of sp³-hybridized carbons (Fsp3) is 0.400. The number of thiazole rings is 1. The van der Waals surface area contributed by atoms with Crippen LogP contribution in [0.3, 0.4) is 0 Å². The zero-order valence-electron chi connectivity index (χ0n) is 11.6. The van der Waals surface area contributed by atoms with Gasteiger partial charge >= 0.3 is 0 Å². The molecule has 1 aromatic carbocycles. The second-order valence-corrected chi connectivity index (χ2v) is 5.96. The molecule has 0 unspecified atom stereocenters. The minimum atomic E-state index is 0. The molecule has 2 heterocycles. The van der Waals surface area contributed by atoms with Crippen LogP contribution in [0.25, 0.3) is 10.6 Å². The van der Waals surface area contributed by atoms with Gasteiger partial charge in [-0.15, -0.1) is 23.7 Å². The number of aromatic nitrogens is 1. The van der Waals surface area contributed by atoms with Gasteiger partial charge in [-0.25, -0.2) is 4.98 Å². The largest absolute Gasteiger partial charge is 0.312 e. The Morgan fingerprint density at radius 3 is 2.90 bits per heavy atom. The highest BCUT2D eigenvalue weighted by Crippen LogP contribution is 2.23. The Morgan fingerprint density at radius 1 is 1.35 bits per heavy atom. The molecule has 1 atom stereocenters. The number of nitrogens with one attached hydrogen (secondary N) is 1. The van der Waals surface area contributed by atoms with E-state index in [-0.39, 0.29) is 12.4 Å². The lowest BCUT2D eigenvalue weighted by molar-refractivity contribution is 0.198. The lowest BCUT2D eigenvalue weighted by Crippen LogP contribution is -2.48. The van der Waals surface area contributed by atoms with Gasteiger partial charge in [-0.3, -0.25) is 4.90 Å². The van der Waals surface area contributed by atoms with Crippen LogP contribution in [0.5, 0.6) is 0 Å². The lowest BCUT2D eigenvalue weighted by Gasteiger charge is -2.31. The molecule has 2 aromatic rings. The number of hydrogen-bond acceptors (Lipinski definition) is 4. The van der Waals surface area contributed by atoms with Gasteiger partial charge in [0.2, 0.25) is 0 Å². The van der Waals surface area contributed by atoms with Crippen molar-refractivity contribution < 1.29 is 0 Å². The number of nitrogens with zero attached hydrogens (tertiary/aromatic N) is 2. The van der Waals surface area contributed by atoms with Crippen molar-refractivity contribution in [3.05, 3.63) is 41.4 Å². The first-order valence-electron chi connectivity index (χ1n) is 6.77. The van der Waals surface area contributed by atoms with E-state index in [0.29, 0.717) is 6.04 Å². The van der Waals surface area contributed by atoms with E-state index in [1.807, 2.05) is 6.07 Å².